The second-order valence-electron chi connectivity index (χ2n) is 35.2. The van der Waals surface area contributed by atoms with E-state index in [1.54, 1.807) is 53.0 Å². The van der Waals surface area contributed by atoms with Crippen LogP contribution in [0.1, 0.15) is 0 Å². The van der Waals surface area contributed by atoms with Crippen molar-refractivity contribution in [2.75, 3.05) is 0 Å². The third-order valence-electron chi connectivity index (χ3n) is 27.5. The topological polar surface area (TPSA) is 169 Å². The van der Waals surface area contributed by atoms with Crippen LogP contribution in [-0.4, -0.2) is 73.5 Å². The van der Waals surface area contributed by atoms with Crippen LogP contribution in [-0.2, 0) is 0 Å². The maximum Gasteiger partial charge on any atom is 0.235 e. The smallest absolute Gasteiger partial charge is 0.235 e. The summed E-state index contributed by atoms with van der Waals surface area (Å²) in [4.78, 5) is 59.2. The molecule has 0 bridgehead atoms. The Bertz CT molecular complexity index is 10900. The van der Waals surface area contributed by atoms with E-state index in [2.05, 4.69) is 350 Å². The Morgan fingerprint density at radius 2 is 0.475 bits per heavy atom. The Morgan fingerprint density at radius 3 is 0.879 bits per heavy atom. The van der Waals surface area contributed by atoms with Gasteiger partial charge in [-0.3, -0.25) is 9.13 Å². The normalized spacial score (nSPS) is 12.1. The molecule has 0 fully saturated rings. The van der Waals surface area contributed by atoms with Gasteiger partial charge in [0.1, 0.15) is 19.0 Å². The van der Waals surface area contributed by atoms with Gasteiger partial charge in [0.2, 0.25) is 11.9 Å². The second-order valence-corrected chi connectivity index (χ2v) is 41.5. The zero-order chi connectivity index (χ0) is 92.2. The number of hydrogen-bond donors (Lipinski definition) is 0. The quantitative estimate of drug-likeness (QED) is 0.141. The van der Waals surface area contributed by atoms with E-state index in [1.807, 2.05) is 89.0 Å². The Hall–Kier alpha value is -17.3. The van der Waals surface area contributed by atoms with Crippen LogP contribution in [0.15, 0.2) is 395 Å². The maximum absolute atomic E-state index is 5.45. The molecule has 0 saturated carbocycles. The first-order valence-electron chi connectivity index (χ1n) is 46.3. The molecular formula is C120H65N15S6. The van der Waals surface area contributed by atoms with Crippen molar-refractivity contribution in [2.24, 2.45) is 0 Å². The summed E-state index contributed by atoms with van der Waals surface area (Å²) >= 11 is 10.9. The van der Waals surface area contributed by atoms with E-state index >= 15 is 0 Å². The molecule has 656 valence electrons. The predicted molar refractivity (Wildman–Crippen MR) is 593 cm³/mol. The van der Waals surface area contributed by atoms with Gasteiger partial charge >= 0.3 is 0 Å². The van der Waals surface area contributed by atoms with Gasteiger partial charge in [-0.25, -0.2) is 59.8 Å². The fourth-order valence-corrected chi connectivity index (χ4v) is 29.0. The first-order chi connectivity index (χ1) is 70.0. The van der Waals surface area contributed by atoms with E-state index < -0.39 is 0 Å². The third-order valence-corrected chi connectivity index (χ3v) is 34.8. The van der Waals surface area contributed by atoms with Gasteiger partial charge in [-0.15, -0.1) is 68.0 Å². The van der Waals surface area contributed by atoms with E-state index in [0.717, 1.165) is 147 Å². The Labute approximate surface area is 823 Å². The lowest BCUT2D eigenvalue weighted by atomic mass is 10.0. The molecule has 0 saturated heterocycles. The molecule has 0 amide bonds. The monoisotopic (exact) mass is 1910 g/mol. The van der Waals surface area contributed by atoms with Gasteiger partial charge < -0.3 is 4.57 Å². The maximum atomic E-state index is 5.45. The highest BCUT2D eigenvalue weighted by Crippen LogP contribution is 2.57. The lowest BCUT2D eigenvalue weighted by molar-refractivity contribution is 1.02. The molecule has 0 N–H and O–H groups in total. The number of rotatable bonds is 8. The molecular weight excluding hydrogens is 1840 g/mol. The van der Waals surface area contributed by atoms with Crippen molar-refractivity contribution in [1.82, 2.24) is 73.5 Å². The Balaban J connectivity index is 0.0000000994. The molecule has 0 unspecified atom stereocenters. The van der Waals surface area contributed by atoms with Crippen molar-refractivity contribution < 1.29 is 0 Å². The molecule has 15 aromatic heterocycles. The summed E-state index contributed by atoms with van der Waals surface area (Å²) in [6.45, 7) is 0. The molecule has 0 aliphatic heterocycles. The first kappa shape index (κ1) is 79.9. The standard InChI is InChI=1S/2C42H23N5S2.C36H19N5S2/c1-2-10-24(11-3-1)37-27-12-4-7-15-30(27)45-42(46-37)25-18-20-26(21-19-25)47-31-16-8-5-13-28(31)34-36-38-33(22-43-23-44-38)49-41(36)40-35(39(34)47)29-14-6-9-17-32(29)48-40;1-2-10-24(11-3-1)25-18-20-26(21-19-25)37-27-12-4-7-15-30(27)45-42(46-37)47-31-16-8-5-13-28(31)34-36-38-33(22-43-23-44-38)49-41(36)40-35(39(34)47)29-14-6-9-17-32(29)48-40;1-2-10-20(11-3-1)31-21-12-4-7-15-24(21)39-36(40-31)41-25-16-8-5-13-22(25)28-30-32-27(18-37-19-38-32)43-35(30)34-29(33(28)41)23-14-6-9-17-26(23)42-34/h2*1-23H;1-19H. The number of nitrogens with zero attached hydrogens (tertiary/aromatic N) is 15. The summed E-state index contributed by atoms with van der Waals surface area (Å²) in [5.74, 6) is 2.02. The van der Waals surface area contributed by atoms with Crippen LogP contribution in [0, 0.1) is 0 Å². The first-order valence-corrected chi connectivity index (χ1v) is 51.2. The SMILES string of the molecule is c1ccc(-c2ccc(-c3nc(-n4c5ccccc5c5c6c7ncncc7sc6c6sc7ccccc7c6c54)nc4ccccc34)cc2)cc1.c1ccc(-c2nc(-c3ccc(-n4c5ccccc5c5c6c7ncncc7sc6c6sc7ccccc7c6c54)cc3)nc3ccccc23)cc1.c1ccc(-c2nc(-n3c4ccccc4c4c5c6ncncc6sc5c5sc6ccccc6c5c43)nc3ccccc23)cc1. The lowest BCUT2D eigenvalue weighted by Gasteiger charge is -2.13. The predicted octanol–water partition coefficient (Wildman–Crippen LogP) is 33.1. The molecule has 15 heterocycles. The van der Waals surface area contributed by atoms with Crippen LogP contribution in [0.3, 0.4) is 0 Å². The van der Waals surface area contributed by atoms with Crippen LogP contribution < -0.4 is 0 Å². The van der Waals surface area contributed by atoms with Crippen molar-refractivity contribution in [3.05, 3.63) is 395 Å². The molecule has 0 atom stereocenters. The number of fused-ring (bicyclic) bond motifs is 39. The summed E-state index contributed by atoms with van der Waals surface area (Å²) in [5.41, 5.74) is 22.9. The average molecular weight is 1910 g/mol. The number of hydrogen-bond acceptors (Lipinski definition) is 18. The van der Waals surface area contributed by atoms with Gasteiger partial charge in [-0.05, 0) is 90.0 Å². The summed E-state index contributed by atoms with van der Waals surface area (Å²) in [5, 5.41) is 21.3. The number of thiophene rings is 6. The zero-order valence-electron chi connectivity index (χ0n) is 74.2. The van der Waals surface area contributed by atoms with Gasteiger partial charge in [0.25, 0.3) is 0 Å². The highest BCUT2D eigenvalue weighted by atomic mass is 32.1. The highest BCUT2D eigenvalue weighted by Gasteiger charge is 2.32. The molecule has 32 rings (SSSR count). The summed E-state index contributed by atoms with van der Waals surface area (Å²) in [7, 11) is 0. The highest BCUT2D eigenvalue weighted by molar-refractivity contribution is 7.35. The van der Waals surface area contributed by atoms with E-state index in [0.29, 0.717) is 17.7 Å². The van der Waals surface area contributed by atoms with Gasteiger partial charge in [0.05, 0.1) is 126 Å². The summed E-state index contributed by atoms with van der Waals surface area (Å²) in [6, 6.07) is 126. The minimum Gasteiger partial charge on any atom is -0.309 e. The van der Waals surface area contributed by atoms with Crippen molar-refractivity contribution >= 4 is 288 Å². The molecule has 15 nitrogen and oxygen atoms in total. The number of aromatic nitrogens is 15. The molecule has 32 aromatic rings. The van der Waals surface area contributed by atoms with Gasteiger partial charge in [-0.1, -0.05) is 279 Å². The fraction of sp³-hybridized carbons (Fsp3) is 0. The molecule has 0 radical (unpaired) electrons. The number of para-hydroxylation sites is 6. The van der Waals surface area contributed by atoms with E-state index in [-0.39, 0.29) is 0 Å². The van der Waals surface area contributed by atoms with Crippen molar-refractivity contribution in [2.45, 2.75) is 0 Å². The minimum absolute atomic E-state index is 0.650. The molecule has 141 heavy (non-hydrogen) atoms. The zero-order valence-corrected chi connectivity index (χ0v) is 79.1. The summed E-state index contributed by atoms with van der Waals surface area (Å²) in [6.07, 6.45) is 10.8. The van der Waals surface area contributed by atoms with Crippen LogP contribution in [0.4, 0.5) is 0 Å². The van der Waals surface area contributed by atoms with E-state index in [9.17, 15) is 0 Å². The van der Waals surface area contributed by atoms with Gasteiger partial charge in [0, 0.05) is 158 Å². The van der Waals surface area contributed by atoms with E-state index in [4.69, 9.17) is 44.9 Å². The average Bonchev–Trinajstić information content (AvgIpc) is 1.53. The largest absolute Gasteiger partial charge is 0.309 e. The second kappa shape index (κ2) is 31.6. The Kier molecular flexibility index (Phi) is 17.9. The fourth-order valence-electron chi connectivity index (χ4n) is 21.5. The van der Waals surface area contributed by atoms with E-state index in [1.165, 1.54) is 129 Å². The third kappa shape index (κ3) is 12.2. The van der Waals surface area contributed by atoms with Gasteiger partial charge in [0.15, 0.2) is 5.82 Å². The van der Waals surface area contributed by atoms with Crippen molar-refractivity contribution in [1.29, 1.82) is 0 Å². The lowest BCUT2D eigenvalue weighted by Crippen LogP contribution is -2.03. The Morgan fingerprint density at radius 1 is 0.191 bits per heavy atom. The molecule has 0 aliphatic rings. The molecule has 17 aromatic carbocycles. The van der Waals surface area contributed by atoms with Crippen molar-refractivity contribution in [3.8, 4) is 73.9 Å². The van der Waals surface area contributed by atoms with Crippen molar-refractivity contribution in [3.63, 3.8) is 0 Å². The van der Waals surface area contributed by atoms with Crippen LogP contribution in [0.5, 0.6) is 0 Å². The van der Waals surface area contributed by atoms with Crippen LogP contribution in [0.25, 0.3) is 293 Å². The summed E-state index contributed by atoms with van der Waals surface area (Å²) < 4.78 is 21.7. The van der Waals surface area contributed by atoms with Crippen LogP contribution in [0.2, 0.25) is 0 Å². The van der Waals surface area contributed by atoms with Gasteiger partial charge in [-0.2, -0.15) is 0 Å². The minimum atomic E-state index is 0.650. The molecule has 0 aliphatic carbocycles. The number of benzene rings is 17. The molecule has 21 heteroatoms. The molecule has 0 spiro atoms. The van der Waals surface area contributed by atoms with Crippen LogP contribution >= 0.6 is 68.0 Å².